The SMILES string of the molecule is CCOc1ccc2oc(N3[C@H](C=O)Cc4nc(NC(=O)NCC(C)(C)O)sc4[C@@H]3C)nc2c1. The molecule has 0 saturated heterocycles. The number of ether oxygens (including phenoxy) is 1. The van der Waals surface area contributed by atoms with Crippen LogP contribution in [0.3, 0.4) is 0 Å². The van der Waals surface area contributed by atoms with E-state index in [1.54, 1.807) is 19.9 Å². The number of anilines is 2. The average Bonchev–Trinajstić information content (AvgIpc) is 3.35. The summed E-state index contributed by atoms with van der Waals surface area (Å²) in [4.78, 5) is 36.0. The standard InChI is InChI=1S/C22H27N5O5S/c1-5-31-14-6-7-17-15(9-14)25-21(32-17)27-12(2)18-16(8-13(27)10-28)24-20(33-18)26-19(29)23-11-22(3,4)30/h6-7,9-10,12-13,30H,5,8,11H2,1-4H3,(H2,23,24,26,29)/t12-,13-/m0/s1. The van der Waals surface area contributed by atoms with Crippen LogP contribution in [0.2, 0.25) is 0 Å². The predicted molar refractivity (Wildman–Crippen MR) is 125 cm³/mol. The number of amides is 2. The van der Waals surface area contributed by atoms with E-state index >= 15 is 0 Å². The third kappa shape index (κ3) is 4.93. The number of nitrogens with one attached hydrogen (secondary N) is 2. The largest absolute Gasteiger partial charge is 0.494 e. The Morgan fingerprint density at radius 3 is 2.91 bits per heavy atom. The highest BCUT2D eigenvalue weighted by molar-refractivity contribution is 7.16. The van der Waals surface area contributed by atoms with Gasteiger partial charge in [0.2, 0.25) is 0 Å². The van der Waals surface area contributed by atoms with Gasteiger partial charge in [-0.05, 0) is 39.8 Å². The number of hydrogen-bond acceptors (Lipinski definition) is 9. The fourth-order valence-electron chi connectivity index (χ4n) is 3.72. The zero-order chi connectivity index (χ0) is 23.8. The van der Waals surface area contributed by atoms with E-state index in [1.165, 1.54) is 11.3 Å². The minimum atomic E-state index is -1.02. The summed E-state index contributed by atoms with van der Waals surface area (Å²) in [7, 11) is 0. The molecular weight excluding hydrogens is 446 g/mol. The number of fused-ring (bicyclic) bond motifs is 2. The molecule has 11 heteroatoms. The molecule has 176 valence electrons. The van der Waals surface area contributed by atoms with Crippen molar-refractivity contribution < 1.29 is 23.8 Å². The molecule has 2 aromatic heterocycles. The second-order valence-corrected chi connectivity index (χ2v) is 9.53. The molecule has 3 heterocycles. The van der Waals surface area contributed by atoms with Gasteiger partial charge in [0.15, 0.2) is 10.7 Å². The summed E-state index contributed by atoms with van der Waals surface area (Å²) >= 11 is 1.34. The number of aliphatic hydroxyl groups is 1. The van der Waals surface area contributed by atoms with Crippen molar-refractivity contribution in [3.63, 3.8) is 0 Å². The molecule has 0 bridgehead atoms. The topological polar surface area (TPSA) is 130 Å². The Bertz CT molecular complexity index is 1170. The first kappa shape index (κ1) is 23.0. The summed E-state index contributed by atoms with van der Waals surface area (Å²) in [6.07, 6.45) is 1.23. The number of oxazole rings is 1. The fraction of sp³-hybridized carbons (Fsp3) is 0.455. The van der Waals surface area contributed by atoms with E-state index in [9.17, 15) is 14.7 Å². The number of urea groups is 1. The Morgan fingerprint density at radius 1 is 1.42 bits per heavy atom. The third-order valence-electron chi connectivity index (χ3n) is 5.22. The number of benzene rings is 1. The number of thiazole rings is 1. The molecule has 10 nitrogen and oxygen atoms in total. The Labute approximate surface area is 195 Å². The second-order valence-electron chi connectivity index (χ2n) is 8.50. The summed E-state index contributed by atoms with van der Waals surface area (Å²) in [5.41, 5.74) is 0.989. The second kappa shape index (κ2) is 8.99. The Balaban J connectivity index is 1.57. The summed E-state index contributed by atoms with van der Waals surface area (Å²) < 4.78 is 11.5. The molecular formula is C22H27N5O5S. The molecule has 3 aromatic rings. The molecule has 2 amide bonds. The van der Waals surface area contributed by atoms with Gasteiger partial charge in [0.05, 0.1) is 34.9 Å². The van der Waals surface area contributed by atoms with Crippen molar-refractivity contribution >= 4 is 45.9 Å². The van der Waals surface area contributed by atoms with E-state index in [1.807, 2.05) is 30.9 Å². The van der Waals surface area contributed by atoms with Gasteiger partial charge in [-0.3, -0.25) is 5.32 Å². The maximum absolute atomic E-state index is 12.2. The molecule has 1 aliphatic rings. The van der Waals surface area contributed by atoms with Crippen LogP contribution in [0.15, 0.2) is 22.6 Å². The number of aldehydes is 1. The predicted octanol–water partition coefficient (Wildman–Crippen LogP) is 3.27. The van der Waals surface area contributed by atoms with Crippen LogP contribution in [0, 0.1) is 0 Å². The highest BCUT2D eigenvalue weighted by Crippen LogP contribution is 2.41. The van der Waals surface area contributed by atoms with Crippen molar-refractivity contribution in [3.05, 3.63) is 28.8 Å². The van der Waals surface area contributed by atoms with Gasteiger partial charge in [0.1, 0.15) is 17.6 Å². The van der Waals surface area contributed by atoms with Gasteiger partial charge >= 0.3 is 6.03 Å². The van der Waals surface area contributed by atoms with Gasteiger partial charge in [-0.1, -0.05) is 11.3 Å². The van der Waals surface area contributed by atoms with Crippen molar-refractivity contribution in [3.8, 4) is 5.75 Å². The Hall–Kier alpha value is -3.18. The first-order chi connectivity index (χ1) is 15.7. The Kier molecular flexibility index (Phi) is 6.26. The van der Waals surface area contributed by atoms with Crippen molar-refractivity contribution in [2.45, 2.75) is 51.8 Å². The van der Waals surface area contributed by atoms with Crippen LogP contribution >= 0.6 is 11.3 Å². The van der Waals surface area contributed by atoms with Crippen LogP contribution in [0.25, 0.3) is 11.1 Å². The molecule has 3 N–H and O–H groups in total. The smallest absolute Gasteiger partial charge is 0.321 e. The lowest BCUT2D eigenvalue weighted by Gasteiger charge is -2.35. The van der Waals surface area contributed by atoms with E-state index in [0.29, 0.717) is 41.0 Å². The van der Waals surface area contributed by atoms with Crippen LogP contribution < -0.4 is 20.3 Å². The molecule has 0 saturated carbocycles. The summed E-state index contributed by atoms with van der Waals surface area (Å²) in [6.45, 7) is 7.72. The summed E-state index contributed by atoms with van der Waals surface area (Å²) in [5.74, 6) is 0.701. The maximum Gasteiger partial charge on any atom is 0.321 e. The normalized spacial score (nSPS) is 18.2. The van der Waals surface area contributed by atoms with Crippen LogP contribution in [-0.4, -0.2) is 52.2 Å². The van der Waals surface area contributed by atoms with Crippen molar-refractivity contribution in [1.82, 2.24) is 15.3 Å². The Morgan fingerprint density at radius 2 is 2.21 bits per heavy atom. The summed E-state index contributed by atoms with van der Waals surface area (Å²) in [5, 5.41) is 15.5. The van der Waals surface area contributed by atoms with Gasteiger partial charge in [-0.25, -0.2) is 9.78 Å². The zero-order valence-electron chi connectivity index (χ0n) is 18.9. The molecule has 0 radical (unpaired) electrons. The van der Waals surface area contributed by atoms with Crippen LogP contribution in [0.5, 0.6) is 5.75 Å². The van der Waals surface area contributed by atoms with Crippen LogP contribution in [0.1, 0.15) is 44.3 Å². The van der Waals surface area contributed by atoms with Gasteiger partial charge in [0, 0.05) is 19.0 Å². The molecule has 4 rings (SSSR count). The van der Waals surface area contributed by atoms with E-state index in [-0.39, 0.29) is 12.6 Å². The van der Waals surface area contributed by atoms with Crippen molar-refractivity contribution in [2.75, 3.05) is 23.4 Å². The number of hydrogen-bond donors (Lipinski definition) is 3. The minimum absolute atomic E-state index is 0.101. The van der Waals surface area contributed by atoms with E-state index in [2.05, 4.69) is 20.6 Å². The first-order valence-electron chi connectivity index (χ1n) is 10.7. The lowest BCUT2D eigenvalue weighted by atomic mass is 10.0. The van der Waals surface area contributed by atoms with Crippen LogP contribution in [-0.2, 0) is 11.2 Å². The molecule has 1 aromatic carbocycles. The number of nitrogens with zero attached hydrogens (tertiary/aromatic N) is 3. The van der Waals surface area contributed by atoms with Gasteiger partial charge < -0.3 is 29.3 Å². The molecule has 0 unspecified atom stereocenters. The number of rotatable bonds is 7. The monoisotopic (exact) mass is 473 g/mol. The molecule has 0 fully saturated rings. The van der Waals surface area contributed by atoms with Gasteiger partial charge in [-0.15, -0.1) is 0 Å². The average molecular weight is 474 g/mol. The van der Waals surface area contributed by atoms with E-state index < -0.39 is 17.7 Å². The molecule has 2 atom stereocenters. The summed E-state index contributed by atoms with van der Waals surface area (Å²) in [6, 6.07) is 4.57. The van der Waals surface area contributed by atoms with Gasteiger partial charge in [0.25, 0.3) is 6.01 Å². The zero-order valence-corrected chi connectivity index (χ0v) is 19.7. The van der Waals surface area contributed by atoms with Crippen molar-refractivity contribution in [1.29, 1.82) is 0 Å². The lowest BCUT2D eigenvalue weighted by Crippen LogP contribution is -2.43. The highest BCUT2D eigenvalue weighted by atomic mass is 32.1. The number of aromatic nitrogens is 2. The molecule has 0 aliphatic carbocycles. The van der Waals surface area contributed by atoms with E-state index in [0.717, 1.165) is 16.9 Å². The van der Waals surface area contributed by atoms with E-state index in [4.69, 9.17) is 9.15 Å². The number of carbonyl (C=O) groups is 2. The quantitative estimate of drug-likeness (QED) is 0.446. The minimum Gasteiger partial charge on any atom is -0.494 e. The molecule has 0 spiro atoms. The first-order valence-corrected chi connectivity index (χ1v) is 11.5. The molecule has 1 aliphatic heterocycles. The lowest BCUT2D eigenvalue weighted by molar-refractivity contribution is -0.109. The van der Waals surface area contributed by atoms with Crippen LogP contribution in [0.4, 0.5) is 15.9 Å². The highest BCUT2D eigenvalue weighted by Gasteiger charge is 2.37. The number of carbonyl (C=O) groups excluding carboxylic acids is 2. The third-order valence-corrected chi connectivity index (χ3v) is 6.41. The van der Waals surface area contributed by atoms with Gasteiger partial charge in [-0.2, -0.15) is 4.98 Å². The fourth-order valence-corrected chi connectivity index (χ4v) is 4.76. The van der Waals surface area contributed by atoms with Crippen molar-refractivity contribution in [2.24, 2.45) is 0 Å². The maximum atomic E-state index is 12.2. The molecule has 33 heavy (non-hydrogen) atoms.